The molecule has 6 nitrogen and oxygen atoms in total. The zero-order valence-corrected chi connectivity index (χ0v) is 14.8. The minimum absolute atomic E-state index is 0.0787. The SMILES string of the molecule is CCOc1ccc(C2C(C#N)=C(N)Oc3n[nH]c(-c4ccccc4)c32)cc1. The van der Waals surface area contributed by atoms with Gasteiger partial charge >= 0.3 is 0 Å². The molecule has 0 spiro atoms. The standard InChI is InChI=1S/C21H18N4O2/c1-2-26-15-10-8-13(9-11-15)17-16(12-22)20(23)27-21-18(17)19(24-25-21)14-6-4-3-5-7-14/h3-11,17H,2,23H2,1H3,(H,24,25). The van der Waals surface area contributed by atoms with Gasteiger partial charge in [0.05, 0.1) is 23.8 Å². The van der Waals surface area contributed by atoms with Crippen LogP contribution in [0.2, 0.25) is 0 Å². The molecule has 1 aliphatic rings. The molecule has 6 heteroatoms. The molecule has 0 fully saturated rings. The minimum atomic E-state index is -0.372. The first-order valence-corrected chi connectivity index (χ1v) is 8.67. The molecule has 2 heterocycles. The van der Waals surface area contributed by atoms with E-state index in [9.17, 15) is 5.26 Å². The van der Waals surface area contributed by atoms with Gasteiger partial charge in [-0.05, 0) is 30.2 Å². The second-order valence-corrected chi connectivity index (χ2v) is 6.11. The summed E-state index contributed by atoms with van der Waals surface area (Å²) in [5, 5.41) is 17.1. The van der Waals surface area contributed by atoms with Gasteiger partial charge in [0, 0.05) is 0 Å². The molecule has 1 aliphatic heterocycles. The van der Waals surface area contributed by atoms with Crippen LogP contribution in [0.1, 0.15) is 24.0 Å². The highest BCUT2D eigenvalue weighted by atomic mass is 16.5. The Kier molecular flexibility index (Phi) is 4.27. The summed E-state index contributed by atoms with van der Waals surface area (Å²) in [5.74, 6) is 0.877. The van der Waals surface area contributed by atoms with Crippen molar-refractivity contribution in [3.8, 4) is 29.0 Å². The van der Waals surface area contributed by atoms with Gasteiger partial charge in [0.1, 0.15) is 17.4 Å². The number of hydrogen-bond acceptors (Lipinski definition) is 5. The van der Waals surface area contributed by atoms with Crippen LogP contribution in [0, 0.1) is 11.3 Å². The fraction of sp³-hybridized carbons (Fsp3) is 0.143. The number of nitrogens with two attached hydrogens (primary N) is 1. The van der Waals surface area contributed by atoms with E-state index < -0.39 is 0 Å². The summed E-state index contributed by atoms with van der Waals surface area (Å²) < 4.78 is 11.1. The number of H-pyrrole nitrogens is 1. The molecule has 0 aliphatic carbocycles. The fourth-order valence-corrected chi connectivity index (χ4v) is 3.33. The molecule has 1 unspecified atom stereocenters. The van der Waals surface area contributed by atoms with E-state index in [1.54, 1.807) is 0 Å². The molecule has 0 saturated carbocycles. The Bertz CT molecular complexity index is 1030. The summed E-state index contributed by atoms with van der Waals surface area (Å²) >= 11 is 0. The molecule has 1 aromatic heterocycles. The number of nitriles is 1. The van der Waals surface area contributed by atoms with E-state index in [2.05, 4.69) is 16.3 Å². The molecule has 0 amide bonds. The lowest BCUT2D eigenvalue weighted by Gasteiger charge is -2.24. The summed E-state index contributed by atoms with van der Waals surface area (Å²) in [7, 11) is 0. The molecular weight excluding hydrogens is 340 g/mol. The normalized spacial score (nSPS) is 15.6. The number of ether oxygens (including phenoxy) is 2. The average Bonchev–Trinajstić information content (AvgIpc) is 3.12. The van der Waals surface area contributed by atoms with Crippen LogP contribution in [0.4, 0.5) is 0 Å². The average molecular weight is 358 g/mol. The number of allylic oxidation sites excluding steroid dienone is 1. The van der Waals surface area contributed by atoms with Crippen LogP contribution in [0.25, 0.3) is 11.3 Å². The molecule has 134 valence electrons. The van der Waals surface area contributed by atoms with Crippen molar-refractivity contribution >= 4 is 0 Å². The number of fused-ring (bicyclic) bond motifs is 1. The summed E-state index contributed by atoms with van der Waals surface area (Å²) in [6.45, 7) is 2.53. The Labute approximate surface area is 156 Å². The Morgan fingerprint density at radius 3 is 2.59 bits per heavy atom. The lowest BCUT2D eigenvalue weighted by Crippen LogP contribution is -2.21. The number of nitrogens with zero attached hydrogens (tertiary/aromatic N) is 2. The van der Waals surface area contributed by atoms with Crippen molar-refractivity contribution in [3.63, 3.8) is 0 Å². The van der Waals surface area contributed by atoms with Crippen molar-refractivity contribution in [3.05, 3.63) is 77.2 Å². The molecule has 3 N–H and O–H groups in total. The molecule has 0 bridgehead atoms. The number of rotatable bonds is 4. The lowest BCUT2D eigenvalue weighted by molar-refractivity contribution is 0.340. The largest absolute Gasteiger partial charge is 0.494 e. The maximum atomic E-state index is 9.73. The Morgan fingerprint density at radius 1 is 1.19 bits per heavy atom. The number of aromatic nitrogens is 2. The van der Waals surface area contributed by atoms with Crippen molar-refractivity contribution in [1.29, 1.82) is 5.26 Å². The second kappa shape index (κ2) is 6.89. The van der Waals surface area contributed by atoms with E-state index in [-0.39, 0.29) is 11.8 Å². The van der Waals surface area contributed by atoms with Crippen LogP contribution in [0.3, 0.4) is 0 Å². The predicted molar refractivity (Wildman–Crippen MR) is 101 cm³/mol. The summed E-state index contributed by atoms with van der Waals surface area (Å²) in [6, 6.07) is 19.7. The van der Waals surface area contributed by atoms with E-state index in [1.807, 2.05) is 61.5 Å². The molecule has 3 aromatic rings. The number of benzene rings is 2. The third kappa shape index (κ3) is 2.89. The molecular formula is C21H18N4O2. The minimum Gasteiger partial charge on any atom is -0.494 e. The van der Waals surface area contributed by atoms with Crippen LogP contribution in [-0.4, -0.2) is 16.8 Å². The molecule has 1 atom stereocenters. The first-order valence-electron chi connectivity index (χ1n) is 8.67. The fourth-order valence-electron chi connectivity index (χ4n) is 3.33. The van der Waals surface area contributed by atoms with E-state index >= 15 is 0 Å². The van der Waals surface area contributed by atoms with Crippen molar-refractivity contribution in [2.45, 2.75) is 12.8 Å². The maximum Gasteiger partial charge on any atom is 0.244 e. The van der Waals surface area contributed by atoms with Crippen LogP contribution in [0.5, 0.6) is 11.6 Å². The van der Waals surface area contributed by atoms with Crippen molar-refractivity contribution in [2.24, 2.45) is 5.73 Å². The third-order valence-corrected chi connectivity index (χ3v) is 4.53. The number of aromatic amines is 1. The lowest BCUT2D eigenvalue weighted by atomic mass is 9.83. The van der Waals surface area contributed by atoms with Gasteiger partial charge in [-0.1, -0.05) is 42.5 Å². The van der Waals surface area contributed by atoms with Crippen molar-refractivity contribution < 1.29 is 9.47 Å². The van der Waals surface area contributed by atoms with Gasteiger partial charge in [-0.3, -0.25) is 5.10 Å². The zero-order valence-electron chi connectivity index (χ0n) is 14.8. The highest BCUT2D eigenvalue weighted by molar-refractivity contribution is 5.70. The molecule has 27 heavy (non-hydrogen) atoms. The van der Waals surface area contributed by atoms with Gasteiger partial charge in [0.15, 0.2) is 0 Å². The van der Waals surface area contributed by atoms with E-state index in [0.29, 0.717) is 18.1 Å². The monoisotopic (exact) mass is 358 g/mol. The third-order valence-electron chi connectivity index (χ3n) is 4.53. The number of nitrogens with one attached hydrogen (secondary N) is 1. The molecule has 0 radical (unpaired) electrons. The van der Waals surface area contributed by atoms with Gasteiger partial charge in [-0.15, -0.1) is 5.10 Å². The number of hydrogen-bond donors (Lipinski definition) is 2. The van der Waals surface area contributed by atoms with Gasteiger partial charge in [-0.25, -0.2) is 0 Å². The van der Waals surface area contributed by atoms with E-state index in [1.165, 1.54) is 0 Å². The van der Waals surface area contributed by atoms with Crippen LogP contribution >= 0.6 is 0 Å². The quantitative estimate of drug-likeness (QED) is 0.741. The second-order valence-electron chi connectivity index (χ2n) is 6.11. The van der Waals surface area contributed by atoms with Crippen molar-refractivity contribution in [2.75, 3.05) is 6.61 Å². The van der Waals surface area contributed by atoms with E-state index in [0.717, 1.165) is 28.1 Å². The Balaban J connectivity index is 1.87. The van der Waals surface area contributed by atoms with Gasteiger partial charge < -0.3 is 15.2 Å². The highest BCUT2D eigenvalue weighted by Gasteiger charge is 2.35. The van der Waals surface area contributed by atoms with Gasteiger partial charge in [0.25, 0.3) is 0 Å². The van der Waals surface area contributed by atoms with Gasteiger partial charge in [0.2, 0.25) is 11.8 Å². The molecule has 2 aromatic carbocycles. The predicted octanol–water partition coefficient (Wildman–Crippen LogP) is 3.69. The molecule has 0 saturated heterocycles. The Hall–Kier alpha value is -3.72. The summed E-state index contributed by atoms with van der Waals surface area (Å²) in [5.41, 5.74) is 9.87. The van der Waals surface area contributed by atoms with Crippen LogP contribution in [0.15, 0.2) is 66.1 Å². The zero-order chi connectivity index (χ0) is 18.8. The topological polar surface area (TPSA) is 96.9 Å². The highest BCUT2D eigenvalue weighted by Crippen LogP contribution is 2.45. The van der Waals surface area contributed by atoms with Gasteiger partial charge in [-0.2, -0.15) is 5.26 Å². The first-order chi connectivity index (χ1) is 13.2. The maximum absolute atomic E-state index is 9.73. The Morgan fingerprint density at radius 2 is 1.93 bits per heavy atom. The first kappa shape index (κ1) is 16.7. The van der Waals surface area contributed by atoms with Crippen LogP contribution in [-0.2, 0) is 0 Å². The van der Waals surface area contributed by atoms with Crippen LogP contribution < -0.4 is 15.2 Å². The van der Waals surface area contributed by atoms with E-state index in [4.69, 9.17) is 15.2 Å². The van der Waals surface area contributed by atoms with Crippen molar-refractivity contribution in [1.82, 2.24) is 10.2 Å². The summed E-state index contributed by atoms with van der Waals surface area (Å²) in [6.07, 6.45) is 0. The summed E-state index contributed by atoms with van der Waals surface area (Å²) in [4.78, 5) is 0. The smallest absolute Gasteiger partial charge is 0.244 e. The molecule has 4 rings (SSSR count).